The molecule has 0 bridgehead atoms. The number of nitrogens with one attached hydrogen (secondary N) is 1. The maximum atomic E-state index is 5.38. The van der Waals surface area contributed by atoms with Crippen molar-refractivity contribution >= 4 is 0 Å². The van der Waals surface area contributed by atoms with Crippen molar-refractivity contribution in [2.45, 2.75) is 33.2 Å². The van der Waals surface area contributed by atoms with Crippen LogP contribution in [0.3, 0.4) is 0 Å². The van der Waals surface area contributed by atoms with Crippen molar-refractivity contribution in [1.82, 2.24) is 10.3 Å². The first-order valence-electron chi connectivity index (χ1n) is 5.44. The van der Waals surface area contributed by atoms with Crippen LogP contribution in [-0.4, -0.2) is 18.6 Å². The predicted molar refractivity (Wildman–Crippen MR) is 58.8 cm³/mol. The van der Waals surface area contributed by atoms with Crippen LogP contribution in [0.5, 0.6) is 6.08 Å². The molecule has 1 aromatic rings. The van der Waals surface area contributed by atoms with Gasteiger partial charge in [-0.15, -0.1) is 0 Å². The SMILES string of the molecule is CNCc1coc(OCCCC(C)C)n1. The summed E-state index contributed by atoms with van der Waals surface area (Å²) in [5.74, 6) is 0.720. The lowest BCUT2D eigenvalue weighted by Gasteiger charge is -2.03. The molecule has 1 N–H and O–H groups in total. The van der Waals surface area contributed by atoms with Crippen LogP contribution >= 0.6 is 0 Å². The second-order valence-corrected chi connectivity index (χ2v) is 4.02. The average Bonchev–Trinajstić information content (AvgIpc) is 2.61. The Balaban J connectivity index is 2.19. The van der Waals surface area contributed by atoms with E-state index in [2.05, 4.69) is 24.1 Å². The van der Waals surface area contributed by atoms with Gasteiger partial charge in [0.1, 0.15) is 6.26 Å². The molecule has 0 fully saturated rings. The maximum Gasteiger partial charge on any atom is 0.393 e. The summed E-state index contributed by atoms with van der Waals surface area (Å²) in [6, 6.07) is 0. The summed E-state index contributed by atoms with van der Waals surface area (Å²) in [5, 5.41) is 3.00. The summed E-state index contributed by atoms with van der Waals surface area (Å²) < 4.78 is 10.5. The molecule has 0 aromatic carbocycles. The lowest BCUT2D eigenvalue weighted by atomic mass is 10.1. The monoisotopic (exact) mass is 212 g/mol. The fourth-order valence-electron chi connectivity index (χ4n) is 1.27. The smallest absolute Gasteiger partial charge is 0.393 e. The topological polar surface area (TPSA) is 47.3 Å². The molecule has 0 aliphatic carbocycles. The molecule has 0 aliphatic rings. The molecule has 0 spiro atoms. The Morgan fingerprint density at radius 1 is 1.53 bits per heavy atom. The van der Waals surface area contributed by atoms with Crippen molar-refractivity contribution in [1.29, 1.82) is 0 Å². The van der Waals surface area contributed by atoms with E-state index < -0.39 is 0 Å². The highest BCUT2D eigenvalue weighted by atomic mass is 16.6. The Kier molecular flexibility index (Phi) is 5.18. The Bertz CT molecular complexity index is 271. The zero-order valence-corrected chi connectivity index (χ0v) is 9.75. The van der Waals surface area contributed by atoms with Crippen LogP contribution in [-0.2, 0) is 6.54 Å². The number of rotatable bonds is 7. The van der Waals surface area contributed by atoms with E-state index in [1.165, 1.54) is 6.42 Å². The summed E-state index contributed by atoms with van der Waals surface area (Å²) in [6.45, 7) is 5.79. The van der Waals surface area contributed by atoms with Crippen molar-refractivity contribution in [2.24, 2.45) is 5.92 Å². The molecule has 0 unspecified atom stereocenters. The van der Waals surface area contributed by atoms with E-state index in [-0.39, 0.29) is 0 Å². The third kappa shape index (κ3) is 4.83. The molecule has 86 valence electrons. The third-order valence-corrected chi connectivity index (χ3v) is 2.04. The first kappa shape index (κ1) is 12.0. The minimum Gasteiger partial charge on any atom is -0.450 e. The molecular weight excluding hydrogens is 192 g/mol. The van der Waals surface area contributed by atoms with Gasteiger partial charge in [-0.25, -0.2) is 0 Å². The number of ether oxygens (including phenoxy) is 1. The molecule has 0 saturated carbocycles. The summed E-state index contributed by atoms with van der Waals surface area (Å²) >= 11 is 0. The molecule has 4 nitrogen and oxygen atoms in total. The van der Waals surface area contributed by atoms with Gasteiger partial charge in [0.15, 0.2) is 0 Å². The van der Waals surface area contributed by atoms with E-state index in [4.69, 9.17) is 9.15 Å². The van der Waals surface area contributed by atoms with Crippen molar-refractivity contribution in [3.05, 3.63) is 12.0 Å². The van der Waals surface area contributed by atoms with Crippen LogP contribution in [0, 0.1) is 5.92 Å². The first-order valence-corrected chi connectivity index (χ1v) is 5.44. The molecule has 1 heterocycles. The largest absolute Gasteiger partial charge is 0.450 e. The van der Waals surface area contributed by atoms with E-state index >= 15 is 0 Å². The Morgan fingerprint density at radius 3 is 3.00 bits per heavy atom. The fraction of sp³-hybridized carbons (Fsp3) is 0.727. The lowest BCUT2D eigenvalue weighted by Crippen LogP contribution is -2.05. The third-order valence-electron chi connectivity index (χ3n) is 2.04. The van der Waals surface area contributed by atoms with Crippen molar-refractivity contribution in [3.8, 4) is 6.08 Å². The van der Waals surface area contributed by atoms with E-state index in [0.29, 0.717) is 19.2 Å². The normalized spacial score (nSPS) is 10.9. The van der Waals surface area contributed by atoms with Crippen LogP contribution in [0.1, 0.15) is 32.4 Å². The van der Waals surface area contributed by atoms with E-state index in [0.717, 1.165) is 18.0 Å². The number of hydrogen-bond donors (Lipinski definition) is 1. The number of aromatic nitrogens is 1. The van der Waals surface area contributed by atoms with Gasteiger partial charge in [0, 0.05) is 6.54 Å². The molecule has 0 radical (unpaired) electrons. The number of oxazole rings is 1. The van der Waals surface area contributed by atoms with Gasteiger partial charge in [0.25, 0.3) is 0 Å². The van der Waals surface area contributed by atoms with Gasteiger partial charge in [-0.05, 0) is 25.8 Å². The Hall–Kier alpha value is -1.03. The highest BCUT2D eigenvalue weighted by Crippen LogP contribution is 2.11. The minimum absolute atomic E-state index is 0.379. The number of hydrogen-bond acceptors (Lipinski definition) is 4. The zero-order valence-electron chi connectivity index (χ0n) is 9.75. The van der Waals surface area contributed by atoms with E-state index in [1.807, 2.05) is 7.05 Å². The lowest BCUT2D eigenvalue weighted by molar-refractivity contribution is 0.221. The van der Waals surface area contributed by atoms with Crippen molar-refractivity contribution in [2.75, 3.05) is 13.7 Å². The second kappa shape index (κ2) is 6.45. The van der Waals surface area contributed by atoms with Gasteiger partial charge in [-0.1, -0.05) is 13.8 Å². The quantitative estimate of drug-likeness (QED) is 0.704. The molecule has 0 amide bonds. The Morgan fingerprint density at radius 2 is 2.33 bits per heavy atom. The Labute approximate surface area is 91.0 Å². The van der Waals surface area contributed by atoms with Crippen LogP contribution < -0.4 is 10.1 Å². The highest BCUT2D eigenvalue weighted by molar-refractivity contribution is 4.99. The van der Waals surface area contributed by atoms with Crippen LogP contribution in [0.25, 0.3) is 0 Å². The highest BCUT2D eigenvalue weighted by Gasteiger charge is 2.03. The maximum absolute atomic E-state index is 5.38. The van der Waals surface area contributed by atoms with Gasteiger partial charge in [0.05, 0.1) is 12.3 Å². The molecular formula is C11H20N2O2. The van der Waals surface area contributed by atoms with Crippen LogP contribution in [0.15, 0.2) is 10.7 Å². The molecule has 15 heavy (non-hydrogen) atoms. The van der Waals surface area contributed by atoms with E-state index in [1.54, 1.807) is 6.26 Å². The standard InChI is InChI=1S/C11H20N2O2/c1-9(2)5-4-6-14-11-13-10(7-12-3)8-15-11/h8-9,12H,4-7H2,1-3H3. The second-order valence-electron chi connectivity index (χ2n) is 4.02. The molecule has 4 heteroatoms. The molecule has 0 atom stereocenters. The minimum atomic E-state index is 0.379. The first-order chi connectivity index (χ1) is 7.22. The van der Waals surface area contributed by atoms with Crippen LogP contribution in [0.4, 0.5) is 0 Å². The molecule has 1 rings (SSSR count). The van der Waals surface area contributed by atoms with Gasteiger partial charge in [-0.2, -0.15) is 4.98 Å². The predicted octanol–water partition coefficient (Wildman–Crippen LogP) is 2.21. The van der Waals surface area contributed by atoms with Crippen LogP contribution in [0.2, 0.25) is 0 Å². The van der Waals surface area contributed by atoms with Crippen molar-refractivity contribution < 1.29 is 9.15 Å². The summed E-state index contributed by atoms with van der Waals surface area (Å²) in [6.07, 6.45) is 4.21. The van der Waals surface area contributed by atoms with Gasteiger partial charge >= 0.3 is 6.08 Å². The van der Waals surface area contributed by atoms with Crippen molar-refractivity contribution in [3.63, 3.8) is 0 Å². The van der Waals surface area contributed by atoms with E-state index in [9.17, 15) is 0 Å². The summed E-state index contributed by atoms with van der Waals surface area (Å²) in [4.78, 5) is 4.17. The zero-order chi connectivity index (χ0) is 11.1. The van der Waals surface area contributed by atoms with Gasteiger partial charge in [-0.3, -0.25) is 0 Å². The molecule has 1 aromatic heterocycles. The molecule has 0 aliphatic heterocycles. The molecule has 0 saturated heterocycles. The fourth-order valence-corrected chi connectivity index (χ4v) is 1.27. The van der Waals surface area contributed by atoms with Gasteiger partial charge < -0.3 is 14.5 Å². The average molecular weight is 212 g/mol. The summed E-state index contributed by atoms with van der Waals surface area (Å²) in [7, 11) is 1.87. The number of nitrogens with zero attached hydrogens (tertiary/aromatic N) is 1. The summed E-state index contributed by atoms with van der Waals surface area (Å²) in [5.41, 5.74) is 0.872. The van der Waals surface area contributed by atoms with Gasteiger partial charge in [0.2, 0.25) is 0 Å².